The first kappa shape index (κ1) is 37.5. The number of hydrogen-bond donors (Lipinski definition) is 0. The monoisotopic (exact) mass is 714 g/mol. The van der Waals surface area contributed by atoms with E-state index in [-0.39, 0.29) is 26.9 Å². The molecule has 0 bridgehead atoms. The van der Waals surface area contributed by atoms with E-state index in [2.05, 4.69) is 131 Å². The van der Waals surface area contributed by atoms with Gasteiger partial charge >= 0.3 is 0 Å². The minimum atomic E-state index is 0. The predicted molar refractivity (Wildman–Crippen MR) is 208 cm³/mol. The fourth-order valence-corrected chi connectivity index (χ4v) is 5.86. The maximum absolute atomic E-state index is 5.09. The first-order valence-corrected chi connectivity index (χ1v) is 15.8. The molecule has 0 aliphatic heterocycles. The van der Waals surface area contributed by atoms with Crippen LogP contribution < -0.4 is 0 Å². The zero-order valence-corrected chi connectivity index (χ0v) is 30.0. The minimum absolute atomic E-state index is 0. The molecule has 6 aromatic carbocycles. The van der Waals surface area contributed by atoms with Crippen LogP contribution >= 0.6 is 0 Å². The van der Waals surface area contributed by atoms with Crippen LogP contribution in [0.15, 0.2) is 159 Å². The smallest absolute Gasteiger partial charge is 0.0973 e. The second-order valence-corrected chi connectivity index (χ2v) is 10.9. The van der Waals surface area contributed by atoms with Gasteiger partial charge in [0.05, 0.1) is 22.4 Å². The van der Waals surface area contributed by atoms with E-state index >= 15 is 0 Å². The van der Waals surface area contributed by atoms with Gasteiger partial charge in [0.2, 0.25) is 0 Å². The average Bonchev–Trinajstić information content (AvgIpc) is 3.11. The maximum atomic E-state index is 5.09. The molecule has 0 aliphatic rings. The molecule has 0 fully saturated rings. The Kier molecular flexibility index (Phi) is 13.9. The van der Waals surface area contributed by atoms with E-state index in [0.717, 1.165) is 39.1 Å². The SMILES string of the molecule is C=C.C=C(/C=C\C)c1c2ccccc2c(-c2ccc(-c3nc4ccccc4nc3-c3ccccc3)cc2)c2ccccc12.CCC.[CH3-].[Rh]. The molecule has 48 heavy (non-hydrogen) atoms. The third-order valence-corrected chi connectivity index (χ3v) is 7.69. The molecule has 1 aromatic heterocycles. The molecule has 7 aromatic rings. The molecule has 0 amide bonds. The maximum Gasteiger partial charge on any atom is 0.0973 e. The summed E-state index contributed by atoms with van der Waals surface area (Å²) in [5.41, 5.74) is 10.3. The van der Waals surface area contributed by atoms with Gasteiger partial charge in [0.25, 0.3) is 0 Å². The van der Waals surface area contributed by atoms with E-state index in [0.29, 0.717) is 0 Å². The Hall–Kier alpha value is -4.98. The van der Waals surface area contributed by atoms with Crippen LogP contribution in [-0.4, -0.2) is 9.97 Å². The molecule has 0 atom stereocenters. The molecule has 243 valence electrons. The summed E-state index contributed by atoms with van der Waals surface area (Å²) in [7, 11) is 0. The first-order chi connectivity index (χ1) is 22.6. The van der Waals surface area contributed by atoms with Gasteiger partial charge in [-0.2, -0.15) is 0 Å². The molecule has 0 aliphatic carbocycles. The van der Waals surface area contributed by atoms with E-state index in [1.54, 1.807) is 0 Å². The van der Waals surface area contributed by atoms with Crippen molar-refractivity contribution in [3.05, 3.63) is 172 Å². The summed E-state index contributed by atoms with van der Waals surface area (Å²) in [6.07, 6.45) is 5.40. The largest absolute Gasteiger partial charge is 0.358 e. The fourth-order valence-electron chi connectivity index (χ4n) is 5.86. The standard InChI is InChI=1S/C39H28N2.C3H8.C2H4.CH3.Rh/c1-3-13-26(2)36-30-16-7-9-18-32(30)37(33-19-10-8-17-31(33)36)27-22-24-29(25-23-27)39-38(28-14-5-4-6-15-28)40-34-20-11-12-21-35(34)41-39;1-3-2;1-2;;/h3-25H,2H2,1H3;3H2,1-2H3;1-2H2;1H3;/q;;;-1;/b13-3-;;;;. The van der Waals surface area contributed by atoms with Crippen molar-refractivity contribution in [2.45, 2.75) is 27.2 Å². The molecule has 1 heterocycles. The molecule has 2 nitrogen and oxygen atoms in total. The summed E-state index contributed by atoms with van der Waals surface area (Å²) < 4.78 is 0. The van der Waals surface area contributed by atoms with E-state index in [4.69, 9.17) is 9.97 Å². The van der Waals surface area contributed by atoms with Gasteiger partial charge in [-0.25, -0.2) is 9.97 Å². The molecule has 0 N–H and O–H groups in total. The quantitative estimate of drug-likeness (QED) is 0.0583. The Balaban J connectivity index is 0.000000848. The van der Waals surface area contributed by atoms with Gasteiger partial charge in [-0.1, -0.05) is 154 Å². The van der Waals surface area contributed by atoms with Crippen molar-refractivity contribution in [2.24, 2.45) is 0 Å². The summed E-state index contributed by atoms with van der Waals surface area (Å²) in [6, 6.07) is 44.5. The van der Waals surface area contributed by atoms with Gasteiger partial charge < -0.3 is 7.43 Å². The normalized spacial score (nSPS) is 10.3. The van der Waals surface area contributed by atoms with Gasteiger partial charge in [-0.15, -0.1) is 13.2 Å². The van der Waals surface area contributed by atoms with Gasteiger partial charge in [0, 0.05) is 30.6 Å². The van der Waals surface area contributed by atoms with Crippen LogP contribution in [0, 0.1) is 7.43 Å². The summed E-state index contributed by atoms with van der Waals surface area (Å²) in [5, 5.41) is 4.85. The number of rotatable bonds is 5. The Morgan fingerprint density at radius 3 is 1.40 bits per heavy atom. The third kappa shape index (κ3) is 7.59. The predicted octanol–water partition coefficient (Wildman–Crippen LogP) is 13.2. The summed E-state index contributed by atoms with van der Waals surface area (Å²) in [6.45, 7) is 16.7. The number of benzene rings is 6. The van der Waals surface area contributed by atoms with Crippen LogP contribution in [0.2, 0.25) is 0 Å². The van der Waals surface area contributed by atoms with Crippen molar-refractivity contribution >= 4 is 38.2 Å². The van der Waals surface area contributed by atoms with E-state index in [1.165, 1.54) is 44.7 Å². The van der Waals surface area contributed by atoms with Crippen molar-refractivity contribution in [2.75, 3.05) is 0 Å². The zero-order valence-electron chi connectivity index (χ0n) is 28.3. The van der Waals surface area contributed by atoms with Crippen molar-refractivity contribution in [1.82, 2.24) is 9.97 Å². The van der Waals surface area contributed by atoms with Crippen LogP contribution in [0.1, 0.15) is 32.8 Å². The van der Waals surface area contributed by atoms with Gasteiger partial charge in [0.15, 0.2) is 0 Å². The van der Waals surface area contributed by atoms with Gasteiger partial charge in [-0.3, -0.25) is 0 Å². The van der Waals surface area contributed by atoms with Crippen LogP contribution in [0.25, 0.3) is 71.8 Å². The number of hydrogen-bond acceptors (Lipinski definition) is 2. The third-order valence-electron chi connectivity index (χ3n) is 7.69. The van der Waals surface area contributed by atoms with Crippen molar-refractivity contribution < 1.29 is 19.5 Å². The number of aromatic nitrogens is 2. The number of nitrogens with zero attached hydrogens (tertiary/aromatic N) is 2. The van der Waals surface area contributed by atoms with E-state index < -0.39 is 0 Å². The summed E-state index contributed by atoms with van der Waals surface area (Å²) in [5.74, 6) is 0. The molecular formula is C45H43N2Rh-. The number of para-hydroxylation sites is 2. The first-order valence-electron chi connectivity index (χ1n) is 15.8. The van der Waals surface area contributed by atoms with Gasteiger partial charge in [0.1, 0.15) is 0 Å². The number of allylic oxidation sites excluding steroid dienone is 3. The van der Waals surface area contributed by atoms with Crippen LogP contribution in [0.3, 0.4) is 0 Å². The Morgan fingerprint density at radius 1 is 0.562 bits per heavy atom. The van der Waals surface area contributed by atoms with E-state index in [1.807, 2.05) is 49.4 Å². The molecule has 0 unspecified atom stereocenters. The zero-order chi connectivity index (χ0) is 32.5. The second-order valence-electron chi connectivity index (χ2n) is 10.9. The number of fused-ring (bicyclic) bond motifs is 3. The summed E-state index contributed by atoms with van der Waals surface area (Å²) in [4.78, 5) is 10.1. The molecule has 0 saturated heterocycles. The Labute approximate surface area is 299 Å². The van der Waals surface area contributed by atoms with Crippen LogP contribution in [0.5, 0.6) is 0 Å². The van der Waals surface area contributed by atoms with Gasteiger partial charge in [-0.05, 0) is 62.9 Å². The molecule has 7 rings (SSSR count). The minimum Gasteiger partial charge on any atom is -0.358 e. The molecule has 3 heteroatoms. The fraction of sp³-hybridized carbons (Fsp3) is 0.0889. The molecular weight excluding hydrogens is 671 g/mol. The topological polar surface area (TPSA) is 25.8 Å². The average molecular weight is 715 g/mol. The molecule has 0 spiro atoms. The second kappa shape index (κ2) is 17.8. The molecule has 1 radical (unpaired) electrons. The Morgan fingerprint density at radius 2 is 0.938 bits per heavy atom. The van der Waals surface area contributed by atoms with Crippen LogP contribution in [-0.2, 0) is 19.5 Å². The van der Waals surface area contributed by atoms with Crippen molar-refractivity contribution in [3.63, 3.8) is 0 Å². The van der Waals surface area contributed by atoms with Crippen molar-refractivity contribution in [3.8, 4) is 33.6 Å². The Bertz CT molecular complexity index is 2090. The summed E-state index contributed by atoms with van der Waals surface area (Å²) >= 11 is 0. The van der Waals surface area contributed by atoms with Crippen molar-refractivity contribution in [1.29, 1.82) is 0 Å². The van der Waals surface area contributed by atoms with E-state index in [9.17, 15) is 0 Å². The molecule has 0 saturated carbocycles. The van der Waals surface area contributed by atoms with Crippen LogP contribution in [0.4, 0.5) is 0 Å².